The summed E-state index contributed by atoms with van der Waals surface area (Å²) >= 11 is 0. The Hall–Kier alpha value is -2.07. The van der Waals surface area contributed by atoms with Crippen molar-refractivity contribution in [3.8, 4) is 0 Å². The predicted molar refractivity (Wildman–Crippen MR) is 82.8 cm³/mol. The summed E-state index contributed by atoms with van der Waals surface area (Å²) in [6, 6.07) is 12.1. The van der Waals surface area contributed by atoms with Crippen molar-refractivity contribution in [3.05, 3.63) is 59.4 Å². The Morgan fingerprint density at radius 1 is 1.24 bits per heavy atom. The molecular weight excluding hydrogens is 262 g/mol. The minimum atomic E-state index is -0.199. The lowest BCUT2D eigenvalue weighted by molar-refractivity contribution is -0.129. The van der Waals surface area contributed by atoms with E-state index in [0.717, 1.165) is 24.2 Å². The summed E-state index contributed by atoms with van der Waals surface area (Å²) in [6.07, 6.45) is 2.04. The molecule has 0 bridgehead atoms. The average molecular weight is 283 g/mol. The zero-order valence-corrected chi connectivity index (χ0v) is 12.5. The van der Waals surface area contributed by atoms with Crippen molar-refractivity contribution in [1.29, 1.82) is 0 Å². The number of carbonyl (C=O) groups is 1. The Morgan fingerprint density at radius 2 is 2.05 bits per heavy atom. The maximum atomic E-state index is 12.4. The van der Waals surface area contributed by atoms with Gasteiger partial charge in [-0.2, -0.15) is 0 Å². The van der Waals surface area contributed by atoms with E-state index in [9.17, 15) is 4.79 Å². The topological polar surface area (TPSA) is 37.3 Å². The molecule has 1 N–H and O–H groups in total. The van der Waals surface area contributed by atoms with Crippen molar-refractivity contribution >= 4 is 5.91 Å². The highest BCUT2D eigenvalue weighted by Gasteiger charge is 2.32. The maximum Gasteiger partial charge on any atom is 0.242 e. The third-order valence-electron chi connectivity index (χ3n) is 4.21. The normalized spacial score (nSPS) is 19.5. The third kappa shape index (κ3) is 2.72. The van der Waals surface area contributed by atoms with Crippen molar-refractivity contribution in [1.82, 2.24) is 14.8 Å². The van der Waals surface area contributed by atoms with Crippen molar-refractivity contribution < 1.29 is 4.79 Å². The number of aryl methyl sites for hydroxylation is 2. The Bertz CT molecular complexity index is 647. The van der Waals surface area contributed by atoms with Crippen molar-refractivity contribution in [2.75, 3.05) is 13.1 Å². The number of hydrogen-bond donors (Lipinski definition) is 1. The Labute approximate surface area is 125 Å². The van der Waals surface area contributed by atoms with Crippen LogP contribution in [-0.4, -0.2) is 28.5 Å². The third-order valence-corrected chi connectivity index (χ3v) is 4.21. The monoisotopic (exact) mass is 283 g/mol. The van der Waals surface area contributed by atoms with Crippen LogP contribution in [0.15, 0.2) is 42.6 Å². The van der Waals surface area contributed by atoms with E-state index in [1.807, 2.05) is 31.4 Å². The first kappa shape index (κ1) is 13.9. The van der Waals surface area contributed by atoms with Gasteiger partial charge in [-0.25, -0.2) is 0 Å². The lowest BCUT2D eigenvalue weighted by atomic mass is 9.97. The Balaban J connectivity index is 1.92. The highest BCUT2D eigenvalue weighted by atomic mass is 16.2. The molecule has 0 spiro atoms. The van der Waals surface area contributed by atoms with Gasteiger partial charge in [-0.1, -0.05) is 24.3 Å². The predicted octanol–water partition coefficient (Wildman–Crippen LogP) is 2.01. The van der Waals surface area contributed by atoms with E-state index in [1.54, 1.807) is 0 Å². The number of nitrogens with one attached hydrogen (secondary N) is 1. The van der Waals surface area contributed by atoms with Gasteiger partial charge in [0.2, 0.25) is 5.91 Å². The van der Waals surface area contributed by atoms with E-state index in [4.69, 9.17) is 0 Å². The smallest absolute Gasteiger partial charge is 0.242 e. The lowest BCUT2D eigenvalue weighted by Crippen LogP contribution is -2.49. The summed E-state index contributed by atoms with van der Waals surface area (Å²) in [5.41, 5.74) is 3.49. The molecule has 1 fully saturated rings. The minimum Gasteiger partial charge on any atom is -0.353 e. The molecule has 1 aromatic carbocycles. The molecule has 0 aliphatic carbocycles. The first-order chi connectivity index (χ1) is 10.2. The number of rotatable bonds is 3. The zero-order chi connectivity index (χ0) is 14.8. The van der Waals surface area contributed by atoms with Gasteiger partial charge < -0.3 is 9.88 Å². The molecule has 2 aromatic rings. The summed E-state index contributed by atoms with van der Waals surface area (Å²) in [4.78, 5) is 14.7. The summed E-state index contributed by atoms with van der Waals surface area (Å²) in [5, 5.41) is 2.99. The van der Waals surface area contributed by atoms with Crippen LogP contribution in [0.1, 0.15) is 22.9 Å². The maximum absolute atomic E-state index is 12.4. The van der Waals surface area contributed by atoms with Gasteiger partial charge in [0.1, 0.15) is 6.04 Å². The largest absolute Gasteiger partial charge is 0.353 e. The minimum absolute atomic E-state index is 0.102. The summed E-state index contributed by atoms with van der Waals surface area (Å²) in [7, 11) is 2.04. The second-order valence-corrected chi connectivity index (χ2v) is 5.63. The molecule has 1 amide bonds. The van der Waals surface area contributed by atoms with Gasteiger partial charge >= 0.3 is 0 Å². The Morgan fingerprint density at radius 3 is 2.76 bits per heavy atom. The van der Waals surface area contributed by atoms with E-state index in [0.29, 0.717) is 6.54 Å². The number of piperazine rings is 1. The molecule has 1 aliphatic rings. The van der Waals surface area contributed by atoms with Crippen molar-refractivity contribution in [2.24, 2.45) is 7.05 Å². The van der Waals surface area contributed by atoms with Gasteiger partial charge in [-0.15, -0.1) is 0 Å². The molecular formula is C17H21N3O. The second kappa shape index (κ2) is 5.74. The number of amides is 1. The first-order valence-corrected chi connectivity index (χ1v) is 7.34. The van der Waals surface area contributed by atoms with Crippen LogP contribution in [0.5, 0.6) is 0 Å². The SMILES string of the molecule is Cc1ccccc1[C@@H]1C(=O)NCCN1Cc1cccn1C. The standard InChI is InChI=1S/C17H21N3O/c1-13-6-3-4-8-15(13)16-17(21)18-9-11-20(16)12-14-7-5-10-19(14)2/h3-8,10,16H,9,11-12H2,1-2H3,(H,18,21)/t16-/m1/s1. The van der Waals surface area contributed by atoms with Crippen LogP contribution in [-0.2, 0) is 18.4 Å². The van der Waals surface area contributed by atoms with Gasteiger partial charge in [-0.05, 0) is 30.2 Å². The van der Waals surface area contributed by atoms with E-state index in [2.05, 4.69) is 39.9 Å². The van der Waals surface area contributed by atoms with Crippen molar-refractivity contribution in [3.63, 3.8) is 0 Å². The molecule has 0 saturated carbocycles. The molecule has 110 valence electrons. The molecule has 1 atom stereocenters. The fourth-order valence-electron chi connectivity index (χ4n) is 2.98. The van der Waals surface area contributed by atoms with Crippen LogP contribution in [0.25, 0.3) is 0 Å². The van der Waals surface area contributed by atoms with E-state index in [1.165, 1.54) is 5.69 Å². The molecule has 2 heterocycles. The lowest BCUT2D eigenvalue weighted by Gasteiger charge is -2.36. The zero-order valence-electron chi connectivity index (χ0n) is 12.5. The van der Waals surface area contributed by atoms with E-state index < -0.39 is 0 Å². The van der Waals surface area contributed by atoms with Crippen molar-refractivity contribution in [2.45, 2.75) is 19.5 Å². The molecule has 1 saturated heterocycles. The van der Waals surface area contributed by atoms with Crippen LogP contribution >= 0.6 is 0 Å². The summed E-state index contributed by atoms with van der Waals surface area (Å²) in [5.74, 6) is 0.102. The summed E-state index contributed by atoms with van der Waals surface area (Å²) < 4.78 is 2.11. The van der Waals surface area contributed by atoms with Crippen LogP contribution in [0, 0.1) is 6.92 Å². The van der Waals surface area contributed by atoms with E-state index >= 15 is 0 Å². The summed E-state index contributed by atoms with van der Waals surface area (Å²) in [6.45, 7) is 4.44. The average Bonchev–Trinajstić information content (AvgIpc) is 2.86. The molecule has 4 nitrogen and oxygen atoms in total. The number of carbonyl (C=O) groups excluding carboxylic acids is 1. The van der Waals surface area contributed by atoms with Crippen LogP contribution in [0.2, 0.25) is 0 Å². The number of benzene rings is 1. The molecule has 3 rings (SSSR count). The van der Waals surface area contributed by atoms with Gasteiger partial charge in [0.25, 0.3) is 0 Å². The number of aromatic nitrogens is 1. The van der Waals surface area contributed by atoms with Crippen LogP contribution in [0.4, 0.5) is 0 Å². The second-order valence-electron chi connectivity index (χ2n) is 5.63. The van der Waals surface area contributed by atoms with Crippen LogP contribution in [0.3, 0.4) is 0 Å². The number of nitrogens with zero attached hydrogens (tertiary/aromatic N) is 2. The fraction of sp³-hybridized carbons (Fsp3) is 0.353. The van der Waals surface area contributed by atoms with Gasteiger partial charge in [0.05, 0.1) is 0 Å². The highest BCUT2D eigenvalue weighted by Crippen LogP contribution is 2.27. The molecule has 21 heavy (non-hydrogen) atoms. The van der Waals surface area contributed by atoms with Gasteiger partial charge in [-0.3, -0.25) is 9.69 Å². The van der Waals surface area contributed by atoms with Gasteiger partial charge in [0, 0.05) is 38.6 Å². The highest BCUT2D eigenvalue weighted by molar-refractivity contribution is 5.84. The Kier molecular flexibility index (Phi) is 3.80. The van der Waals surface area contributed by atoms with Gasteiger partial charge in [0.15, 0.2) is 0 Å². The van der Waals surface area contributed by atoms with Crippen LogP contribution < -0.4 is 5.32 Å². The molecule has 4 heteroatoms. The molecule has 1 aromatic heterocycles. The first-order valence-electron chi connectivity index (χ1n) is 7.34. The van der Waals surface area contributed by atoms with E-state index in [-0.39, 0.29) is 11.9 Å². The molecule has 1 aliphatic heterocycles. The fourth-order valence-corrected chi connectivity index (χ4v) is 2.98. The molecule has 0 unspecified atom stereocenters. The number of hydrogen-bond acceptors (Lipinski definition) is 2. The quantitative estimate of drug-likeness (QED) is 0.935. The molecule has 0 radical (unpaired) electrons.